The third-order valence-electron chi connectivity index (χ3n) is 3.74. The van der Waals surface area contributed by atoms with Gasteiger partial charge in [-0.15, -0.1) is 0 Å². The Bertz CT molecular complexity index is 441. The number of nitrogens with zero attached hydrogens (tertiary/aromatic N) is 1. The van der Waals surface area contributed by atoms with Gasteiger partial charge in [0.05, 0.1) is 18.8 Å². The second-order valence-corrected chi connectivity index (χ2v) is 5.20. The molecule has 20 heavy (non-hydrogen) atoms. The van der Waals surface area contributed by atoms with Gasteiger partial charge in [0, 0.05) is 20.2 Å². The lowest BCUT2D eigenvalue weighted by molar-refractivity contribution is 0.00707. The quantitative estimate of drug-likeness (QED) is 0.830. The molecule has 4 nitrogen and oxygen atoms in total. The first-order valence-corrected chi connectivity index (χ1v) is 7.22. The van der Waals surface area contributed by atoms with Gasteiger partial charge in [0.2, 0.25) is 0 Å². The zero-order chi connectivity index (χ0) is 14.4. The van der Waals surface area contributed by atoms with E-state index in [-0.39, 0.29) is 5.91 Å². The van der Waals surface area contributed by atoms with E-state index in [0.717, 1.165) is 25.9 Å². The highest BCUT2D eigenvalue weighted by Crippen LogP contribution is 2.20. The highest BCUT2D eigenvalue weighted by molar-refractivity contribution is 5.96. The van der Waals surface area contributed by atoms with Crippen molar-refractivity contribution in [2.75, 3.05) is 27.3 Å². The molecule has 1 aliphatic heterocycles. The van der Waals surface area contributed by atoms with Crippen LogP contribution in [0.2, 0.25) is 0 Å². The Hall–Kier alpha value is -1.55. The molecule has 110 valence electrons. The Balaban J connectivity index is 1.90. The van der Waals surface area contributed by atoms with Crippen molar-refractivity contribution in [2.24, 2.45) is 0 Å². The van der Waals surface area contributed by atoms with E-state index in [4.69, 9.17) is 9.47 Å². The average molecular weight is 277 g/mol. The van der Waals surface area contributed by atoms with Gasteiger partial charge in [-0.3, -0.25) is 4.79 Å². The largest absolute Gasteiger partial charge is 0.496 e. The topological polar surface area (TPSA) is 38.8 Å². The van der Waals surface area contributed by atoms with E-state index in [9.17, 15) is 4.79 Å². The highest BCUT2D eigenvalue weighted by atomic mass is 16.5. The first-order valence-electron chi connectivity index (χ1n) is 7.22. The molecule has 1 aromatic rings. The van der Waals surface area contributed by atoms with Crippen LogP contribution in [0.5, 0.6) is 5.75 Å². The van der Waals surface area contributed by atoms with Gasteiger partial charge in [-0.1, -0.05) is 12.1 Å². The first-order chi connectivity index (χ1) is 9.72. The lowest BCUT2D eigenvalue weighted by Crippen LogP contribution is -2.31. The van der Waals surface area contributed by atoms with Crippen molar-refractivity contribution in [3.05, 3.63) is 29.8 Å². The zero-order valence-corrected chi connectivity index (χ0v) is 12.3. The molecule has 1 fully saturated rings. The summed E-state index contributed by atoms with van der Waals surface area (Å²) in [6.07, 6.45) is 4.70. The normalized spacial score (nSPS) is 18.6. The predicted octanol–water partition coefficient (Wildman–Crippen LogP) is 2.73. The second-order valence-electron chi connectivity index (χ2n) is 5.20. The first kappa shape index (κ1) is 14.9. The molecular weight excluding hydrogens is 254 g/mol. The van der Waals surface area contributed by atoms with Gasteiger partial charge < -0.3 is 14.4 Å². The van der Waals surface area contributed by atoms with Crippen LogP contribution in [0.1, 0.15) is 36.0 Å². The Kier molecular flexibility index (Phi) is 5.41. The number of benzene rings is 1. The van der Waals surface area contributed by atoms with Crippen LogP contribution in [0.4, 0.5) is 0 Å². The summed E-state index contributed by atoms with van der Waals surface area (Å²) in [7, 11) is 3.42. The molecule has 1 unspecified atom stereocenters. The van der Waals surface area contributed by atoms with E-state index in [2.05, 4.69) is 0 Å². The molecule has 2 rings (SSSR count). The SMILES string of the molecule is COc1ccccc1C(=O)N(C)CCC1CCCCO1. The molecule has 0 spiro atoms. The van der Waals surface area contributed by atoms with E-state index in [1.807, 2.05) is 25.2 Å². The predicted molar refractivity (Wildman–Crippen MR) is 78.2 cm³/mol. The molecule has 1 atom stereocenters. The minimum atomic E-state index is -0.00161. The molecular formula is C16H23NO3. The van der Waals surface area contributed by atoms with E-state index in [1.165, 1.54) is 6.42 Å². The summed E-state index contributed by atoms with van der Waals surface area (Å²) < 4.78 is 10.9. The Labute approximate surface area is 120 Å². The summed E-state index contributed by atoms with van der Waals surface area (Å²) in [6, 6.07) is 7.33. The molecule has 1 heterocycles. The Morgan fingerprint density at radius 1 is 1.40 bits per heavy atom. The standard InChI is InChI=1S/C16H23NO3/c1-17(11-10-13-7-5-6-12-20-13)16(18)14-8-3-4-9-15(14)19-2/h3-4,8-9,13H,5-7,10-12H2,1-2H3. The minimum Gasteiger partial charge on any atom is -0.496 e. The summed E-state index contributed by atoms with van der Waals surface area (Å²) in [5.41, 5.74) is 0.613. The van der Waals surface area contributed by atoms with Gasteiger partial charge >= 0.3 is 0 Å². The number of hydrogen-bond acceptors (Lipinski definition) is 3. The number of hydrogen-bond donors (Lipinski definition) is 0. The maximum absolute atomic E-state index is 12.4. The smallest absolute Gasteiger partial charge is 0.257 e. The molecule has 0 aliphatic carbocycles. The molecule has 1 aliphatic rings. The van der Waals surface area contributed by atoms with Gasteiger partial charge in [-0.2, -0.15) is 0 Å². The average Bonchev–Trinajstić information content (AvgIpc) is 2.52. The fraction of sp³-hybridized carbons (Fsp3) is 0.562. The summed E-state index contributed by atoms with van der Waals surface area (Å²) in [5.74, 6) is 0.622. The molecule has 1 saturated heterocycles. The molecule has 4 heteroatoms. The lowest BCUT2D eigenvalue weighted by atomic mass is 10.1. The number of para-hydroxylation sites is 1. The van der Waals surface area contributed by atoms with Crippen LogP contribution in [-0.2, 0) is 4.74 Å². The van der Waals surface area contributed by atoms with Crippen molar-refractivity contribution >= 4 is 5.91 Å². The van der Waals surface area contributed by atoms with Gasteiger partial charge in [0.25, 0.3) is 5.91 Å². The van der Waals surface area contributed by atoms with E-state index in [0.29, 0.717) is 24.0 Å². The molecule has 0 radical (unpaired) electrons. The van der Waals surface area contributed by atoms with E-state index < -0.39 is 0 Å². The molecule has 0 N–H and O–H groups in total. The van der Waals surface area contributed by atoms with Crippen LogP contribution in [0.15, 0.2) is 24.3 Å². The van der Waals surface area contributed by atoms with Gasteiger partial charge in [0.15, 0.2) is 0 Å². The van der Waals surface area contributed by atoms with E-state index >= 15 is 0 Å². The number of rotatable bonds is 5. The van der Waals surface area contributed by atoms with Crippen LogP contribution < -0.4 is 4.74 Å². The fourth-order valence-electron chi connectivity index (χ4n) is 2.50. The summed E-state index contributed by atoms with van der Waals surface area (Å²) in [5, 5.41) is 0. The summed E-state index contributed by atoms with van der Waals surface area (Å²) >= 11 is 0. The number of amides is 1. The molecule has 0 aromatic heterocycles. The van der Waals surface area contributed by atoms with Crippen LogP contribution in [0.25, 0.3) is 0 Å². The maximum Gasteiger partial charge on any atom is 0.257 e. The Morgan fingerprint density at radius 2 is 2.20 bits per heavy atom. The molecule has 1 amide bonds. The monoisotopic (exact) mass is 277 g/mol. The van der Waals surface area contributed by atoms with Crippen LogP contribution in [0, 0.1) is 0 Å². The number of methoxy groups -OCH3 is 1. The summed E-state index contributed by atoms with van der Waals surface area (Å²) in [6.45, 7) is 1.57. The van der Waals surface area contributed by atoms with Crippen molar-refractivity contribution < 1.29 is 14.3 Å². The third-order valence-corrected chi connectivity index (χ3v) is 3.74. The van der Waals surface area contributed by atoms with Crippen molar-refractivity contribution in [1.82, 2.24) is 4.90 Å². The molecule has 0 saturated carbocycles. The van der Waals surface area contributed by atoms with Crippen molar-refractivity contribution in [3.63, 3.8) is 0 Å². The van der Waals surface area contributed by atoms with Crippen LogP contribution in [0.3, 0.4) is 0 Å². The second kappa shape index (κ2) is 7.29. The zero-order valence-electron chi connectivity index (χ0n) is 12.3. The summed E-state index contributed by atoms with van der Waals surface area (Å²) in [4.78, 5) is 14.1. The maximum atomic E-state index is 12.4. The molecule has 0 bridgehead atoms. The van der Waals surface area contributed by atoms with Gasteiger partial charge in [0.1, 0.15) is 5.75 Å². The van der Waals surface area contributed by atoms with Gasteiger partial charge in [-0.25, -0.2) is 0 Å². The van der Waals surface area contributed by atoms with Crippen LogP contribution >= 0.6 is 0 Å². The van der Waals surface area contributed by atoms with Crippen molar-refractivity contribution in [1.29, 1.82) is 0 Å². The fourth-order valence-corrected chi connectivity index (χ4v) is 2.50. The van der Waals surface area contributed by atoms with E-state index in [1.54, 1.807) is 18.1 Å². The minimum absolute atomic E-state index is 0.00161. The number of carbonyl (C=O) groups excluding carboxylic acids is 1. The highest BCUT2D eigenvalue weighted by Gasteiger charge is 2.19. The number of carbonyl (C=O) groups is 1. The lowest BCUT2D eigenvalue weighted by Gasteiger charge is -2.25. The van der Waals surface area contributed by atoms with Gasteiger partial charge in [-0.05, 0) is 37.8 Å². The number of ether oxygens (including phenoxy) is 2. The third kappa shape index (κ3) is 3.73. The van der Waals surface area contributed by atoms with Crippen molar-refractivity contribution in [3.8, 4) is 5.75 Å². The molecule has 1 aromatic carbocycles. The van der Waals surface area contributed by atoms with Crippen LogP contribution in [-0.4, -0.2) is 44.2 Å². The van der Waals surface area contributed by atoms with Crippen molar-refractivity contribution in [2.45, 2.75) is 31.8 Å². The Morgan fingerprint density at radius 3 is 2.90 bits per heavy atom.